The number of benzene rings is 1. The number of alkyl halides is 3. The van der Waals surface area contributed by atoms with Gasteiger partial charge in [0.2, 0.25) is 0 Å². The van der Waals surface area contributed by atoms with E-state index in [4.69, 9.17) is 0 Å². The van der Waals surface area contributed by atoms with Gasteiger partial charge >= 0.3 is 11.9 Å². The smallest absolute Gasteiger partial charge is 0.279 e. The van der Waals surface area contributed by atoms with Crippen LogP contribution in [0.15, 0.2) is 46.6 Å². The van der Waals surface area contributed by atoms with E-state index in [0.717, 1.165) is 12.4 Å². The van der Waals surface area contributed by atoms with Crippen LogP contribution in [0.2, 0.25) is 0 Å². The van der Waals surface area contributed by atoms with Crippen molar-refractivity contribution < 1.29 is 21.6 Å². The summed E-state index contributed by atoms with van der Waals surface area (Å²) in [6.07, 6.45) is -1.67. The first-order chi connectivity index (χ1) is 12.6. The fraction of sp³-hybridized carbons (Fsp3) is 0.214. The number of aromatic nitrogens is 5. The summed E-state index contributed by atoms with van der Waals surface area (Å²) in [6.45, 7) is 0.181. The second-order valence-corrected chi connectivity index (χ2v) is 7.26. The molecule has 2 aromatic heterocycles. The third-order valence-electron chi connectivity index (χ3n) is 3.62. The van der Waals surface area contributed by atoms with E-state index in [1.54, 1.807) is 13.0 Å². The second-order valence-electron chi connectivity index (χ2n) is 5.58. The lowest BCUT2D eigenvalue weighted by molar-refractivity contribution is -0.142. The molecule has 144 valence electrons. The van der Waals surface area contributed by atoms with Gasteiger partial charge in [-0.3, -0.25) is 9.40 Å². The van der Waals surface area contributed by atoms with Crippen LogP contribution in [0.1, 0.15) is 5.56 Å². The maximum atomic E-state index is 12.5. The van der Waals surface area contributed by atoms with Crippen molar-refractivity contribution in [3.8, 4) is 5.69 Å². The minimum absolute atomic E-state index is 0.157. The fourth-order valence-electron chi connectivity index (χ4n) is 2.37. The molecule has 0 aliphatic carbocycles. The molecule has 2 N–H and O–H groups in total. The highest BCUT2D eigenvalue weighted by molar-refractivity contribution is 7.92. The normalized spacial score (nSPS) is 12.3. The van der Waals surface area contributed by atoms with Crippen LogP contribution in [0.4, 0.5) is 18.9 Å². The number of rotatable bonds is 5. The number of anilines is 1. The van der Waals surface area contributed by atoms with Gasteiger partial charge in [-0.1, -0.05) is 6.07 Å². The Balaban J connectivity index is 1.91. The molecule has 0 saturated heterocycles. The number of nitrogens with zero attached hydrogens (tertiary/aromatic N) is 4. The van der Waals surface area contributed by atoms with Crippen molar-refractivity contribution in [3.05, 3.63) is 53.0 Å². The first-order valence-electron chi connectivity index (χ1n) is 7.41. The topological polar surface area (TPSA) is 115 Å². The van der Waals surface area contributed by atoms with Crippen molar-refractivity contribution in [3.63, 3.8) is 0 Å². The van der Waals surface area contributed by atoms with Gasteiger partial charge in [0, 0.05) is 6.20 Å². The lowest BCUT2D eigenvalue weighted by atomic mass is 10.1. The van der Waals surface area contributed by atoms with E-state index >= 15 is 0 Å². The Morgan fingerprint density at radius 2 is 2.04 bits per heavy atom. The number of H-pyrrole nitrogens is 1. The molecule has 0 bridgehead atoms. The zero-order valence-corrected chi connectivity index (χ0v) is 14.5. The Labute approximate surface area is 150 Å². The van der Waals surface area contributed by atoms with Crippen LogP contribution >= 0.6 is 0 Å². The molecule has 27 heavy (non-hydrogen) atoms. The Kier molecular flexibility index (Phi) is 4.55. The third-order valence-corrected chi connectivity index (χ3v) is 4.94. The first-order valence-corrected chi connectivity index (χ1v) is 8.89. The van der Waals surface area contributed by atoms with E-state index in [1.165, 1.54) is 23.0 Å². The number of hydrogen-bond acceptors (Lipinski definition) is 5. The highest BCUT2D eigenvalue weighted by Crippen LogP contribution is 2.24. The second kappa shape index (κ2) is 6.57. The van der Waals surface area contributed by atoms with Gasteiger partial charge < -0.3 is 0 Å². The number of sulfonamides is 1. The molecule has 0 fully saturated rings. The maximum absolute atomic E-state index is 12.5. The monoisotopic (exact) mass is 402 g/mol. The molecule has 0 unspecified atom stereocenters. The quantitative estimate of drug-likeness (QED) is 0.670. The average Bonchev–Trinajstić information content (AvgIpc) is 3.17. The molecule has 1 aromatic carbocycles. The Morgan fingerprint density at radius 1 is 1.30 bits per heavy atom. The van der Waals surface area contributed by atoms with Crippen molar-refractivity contribution in [2.24, 2.45) is 0 Å². The molecule has 0 amide bonds. The minimum atomic E-state index is -4.52. The van der Waals surface area contributed by atoms with Crippen LogP contribution < -0.4 is 10.4 Å². The van der Waals surface area contributed by atoms with Crippen LogP contribution in [0.5, 0.6) is 0 Å². The summed E-state index contributed by atoms with van der Waals surface area (Å²) in [5.41, 5.74) is 0.463. The highest BCUT2D eigenvalue weighted by Gasteiger charge is 2.29. The Hall–Kier alpha value is -3.09. The van der Waals surface area contributed by atoms with Crippen LogP contribution in [-0.2, 0) is 16.6 Å². The van der Waals surface area contributed by atoms with Gasteiger partial charge in [0.15, 0.2) is 0 Å². The van der Waals surface area contributed by atoms with E-state index in [0.29, 0.717) is 15.9 Å². The van der Waals surface area contributed by atoms with E-state index < -0.39 is 33.3 Å². The van der Waals surface area contributed by atoms with Crippen molar-refractivity contribution in [2.75, 3.05) is 4.72 Å². The molecule has 0 radical (unpaired) electrons. The van der Waals surface area contributed by atoms with Crippen LogP contribution in [0.3, 0.4) is 0 Å². The molecule has 3 aromatic rings. The summed E-state index contributed by atoms with van der Waals surface area (Å²) in [4.78, 5) is 11.3. The summed E-state index contributed by atoms with van der Waals surface area (Å²) >= 11 is 0. The van der Waals surface area contributed by atoms with Crippen LogP contribution in [0.25, 0.3) is 5.69 Å². The largest absolute Gasteiger partial charge is 0.408 e. The molecular weight excluding hydrogens is 389 g/mol. The van der Waals surface area contributed by atoms with Crippen molar-refractivity contribution in [1.29, 1.82) is 0 Å². The predicted octanol–water partition coefficient (Wildman–Crippen LogP) is 1.43. The van der Waals surface area contributed by atoms with Gasteiger partial charge in [-0.2, -0.15) is 23.4 Å². The SMILES string of the molecule is Cc1c(NS(=O)(=O)c2cnn(CC(F)(F)F)c2)cccc1-n1cn[nH]c1=O. The third kappa shape index (κ3) is 4.02. The molecule has 0 saturated carbocycles. The zero-order valence-electron chi connectivity index (χ0n) is 13.7. The summed E-state index contributed by atoms with van der Waals surface area (Å²) < 4.78 is 66.1. The van der Waals surface area contributed by atoms with Gasteiger partial charge in [-0.25, -0.2) is 22.9 Å². The lowest BCUT2D eigenvalue weighted by Gasteiger charge is -2.12. The summed E-state index contributed by atoms with van der Waals surface area (Å²) in [5.74, 6) is 0. The van der Waals surface area contributed by atoms with Gasteiger partial charge in [-0.05, 0) is 24.6 Å². The summed E-state index contributed by atoms with van der Waals surface area (Å²) in [5, 5.41) is 9.25. The molecule has 13 heteroatoms. The van der Waals surface area contributed by atoms with Gasteiger partial charge in [0.1, 0.15) is 17.8 Å². The maximum Gasteiger partial charge on any atom is 0.408 e. The van der Waals surface area contributed by atoms with Crippen molar-refractivity contribution >= 4 is 15.7 Å². The Morgan fingerprint density at radius 3 is 2.67 bits per heavy atom. The lowest BCUT2D eigenvalue weighted by Crippen LogP contribution is -2.18. The van der Waals surface area contributed by atoms with Gasteiger partial charge in [0.05, 0.1) is 17.6 Å². The summed E-state index contributed by atoms with van der Waals surface area (Å²) in [6, 6.07) is 4.57. The van der Waals surface area contributed by atoms with E-state index in [1.807, 2.05) is 0 Å². The number of nitrogens with one attached hydrogen (secondary N) is 2. The van der Waals surface area contributed by atoms with Crippen LogP contribution in [-0.4, -0.2) is 39.1 Å². The van der Waals surface area contributed by atoms with E-state index in [2.05, 4.69) is 20.0 Å². The molecule has 0 aliphatic rings. The standard InChI is InChI=1S/C14H13F3N6O3S/c1-9-11(3-2-4-12(9)23-8-18-20-13(23)24)21-27(25,26)10-5-19-22(6-10)7-14(15,16)17/h2-6,8,21H,7H2,1H3,(H,20,24). The molecular formula is C14H13F3N6O3S. The minimum Gasteiger partial charge on any atom is -0.279 e. The fourth-order valence-corrected chi connectivity index (χ4v) is 3.45. The first kappa shape index (κ1) is 18.7. The summed E-state index contributed by atoms with van der Waals surface area (Å²) in [7, 11) is -4.18. The highest BCUT2D eigenvalue weighted by atomic mass is 32.2. The predicted molar refractivity (Wildman–Crippen MR) is 88.0 cm³/mol. The molecule has 0 spiro atoms. The van der Waals surface area contributed by atoms with Crippen LogP contribution in [0, 0.1) is 6.92 Å². The zero-order chi connectivity index (χ0) is 19.8. The van der Waals surface area contributed by atoms with Crippen molar-refractivity contribution in [2.45, 2.75) is 24.5 Å². The molecule has 3 rings (SSSR count). The Bertz CT molecular complexity index is 1130. The van der Waals surface area contributed by atoms with E-state index in [9.17, 15) is 26.4 Å². The van der Waals surface area contributed by atoms with Gasteiger partial charge in [0.25, 0.3) is 10.0 Å². The number of hydrogen-bond donors (Lipinski definition) is 2. The molecule has 0 aliphatic heterocycles. The average molecular weight is 402 g/mol. The number of aromatic amines is 1. The van der Waals surface area contributed by atoms with Crippen molar-refractivity contribution in [1.82, 2.24) is 24.5 Å². The molecule has 2 heterocycles. The molecule has 9 nitrogen and oxygen atoms in total. The molecule has 0 atom stereocenters. The van der Waals surface area contributed by atoms with Gasteiger partial charge in [-0.15, -0.1) is 0 Å². The number of halogens is 3. The van der Waals surface area contributed by atoms with E-state index in [-0.39, 0.29) is 5.69 Å².